The van der Waals surface area contributed by atoms with E-state index in [-0.39, 0.29) is 13.0 Å². The number of unbranched alkanes of at least 4 members (excludes halogenated alkanes) is 4. The predicted molar refractivity (Wildman–Crippen MR) is 68.3 cm³/mol. The van der Waals surface area contributed by atoms with Crippen molar-refractivity contribution in [3.05, 3.63) is 0 Å². The van der Waals surface area contributed by atoms with Crippen molar-refractivity contribution >= 4 is 13.8 Å². The molecule has 1 atom stereocenters. The number of carbonyl (C=O) groups excluding carboxylic acids is 1. The van der Waals surface area contributed by atoms with Gasteiger partial charge >= 0.3 is 13.8 Å². The highest BCUT2D eigenvalue weighted by molar-refractivity contribution is 7.46. The van der Waals surface area contributed by atoms with Crippen molar-refractivity contribution in [3.63, 3.8) is 0 Å². The second kappa shape index (κ2) is 10.3. The second-order valence-electron chi connectivity index (χ2n) is 4.29. The Morgan fingerprint density at radius 1 is 1.16 bits per heavy atom. The first-order chi connectivity index (χ1) is 8.85. The number of rotatable bonds is 11. The molecule has 8 heteroatoms. The number of carbonyl (C=O) groups is 1. The Kier molecular flexibility index (Phi) is 10.1. The lowest BCUT2D eigenvalue weighted by atomic mass is 10.1. The van der Waals surface area contributed by atoms with E-state index in [1.54, 1.807) is 0 Å². The van der Waals surface area contributed by atoms with E-state index >= 15 is 0 Å². The summed E-state index contributed by atoms with van der Waals surface area (Å²) in [5.41, 5.74) is 0. The van der Waals surface area contributed by atoms with Crippen LogP contribution in [0.3, 0.4) is 0 Å². The van der Waals surface area contributed by atoms with Crippen LogP contribution in [0.2, 0.25) is 0 Å². The van der Waals surface area contributed by atoms with E-state index in [1.165, 1.54) is 0 Å². The maximum absolute atomic E-state index is 11.3. The van der Waals surface area contributed by atoms with Gasteiger partial charge in [-0.05, 0) is 6.42 Å². The Bertz CT molecular complexity index is 289. The molecule has 0 heterocycles. The molecule has 0 aromatic heterocycles. The summed E-state index contributed by atoms with van der Waals surface area (Å²) in [5, 5.41) is 9.26. The summed E-state index contributed by atoms with van der Waals surface area (Å²) in [6, 6.07) is 0. The third-order valence-corrected chi connectivity index (χ3v) is 2.84. The molecule has 0 fully saturated rings. The summed E-state index contributed by atoms with van der Waals surface area (Å²) in [4.78, 5) is 28.1. The van der Waals surface area contributed by atoms with Gasteiger partial charge in [0.1, 0.15) is 12.7 Å². The van der Waals surface area contributed by atoms with E-state index in [0.29, 0.717) is 0 Å². The highest BCUT2D eigenvalue weighted by Gasteiger charge is 2.17. The van der Waals surface area contributed by atoms with Crippen LogP contribution in [0.5, 0.6) is 0 Å². The highest BCUT2D eigenvalue weighted by Crippen LogP contribution is 2.35. The van der Waals surface area contributed by atoms with Gasteiger partial charge in [-0.2, -0.15) is 0 Å². The third-order valence-electron chi connectivity index (χ3n) is 2.36. The molecule has 0 unspecified atom stereocenters. The van der Waals surface area contributed by atoms with Crippen LogP contribution in [0.1, 0.15) is 45.4 Å². The van der Waals surface area contributed by atoms with Crippen molar-refractivity contribution in [2.24, 2.45) is 0 Å². The Balaban J connectivity index is 3.53. The number of aliphatic hydroxyl groups excluding tert-OH is 1. The number of aliphatic hydroxyl groups is 1. The zero-order valence-corrected chi connectivity index (χ0v) is 12.1. The van der Waals surface area contributed by atoms with Crippen molar-refractivity contribution in [1.82, 2.24) is 0 Å². The van der Waals surface area contributed by atoms with E-state index in [4.69, 9.17) is 14.5 Å². The van der Waals surface area contributed by atoms with Crippen molar-refractivity contribution < 1.29 is 33.5 Å². The summed E-state index contributed by atoms with van der Waals surface area (Å²) in [6.45, 7) is 1.21. The zero-order valence-electron chi connectivity index (χ0n) is 11.2. The fourth-order valence-corrected chi connectivity index (χ4v) is 1.73. The Morgan fingerprint density at radius 2 is 1.79 bits per heavy atom. The average molecular weight is 298 g/mol. The molecule has 114 valence electrons. The molecule has 19 heavy (non-hydrogen) atoms. The fraction of sp³-hybridized carbons (Fsp3) is 0.909. The molecule has 0 aromatic carbocycles. The van der Waals surface area contributed by atoms with Crippen molar-refractivity contribution in [1.29, 1.82) is 0 Å². The van der Waals surface area contributed by atoms with Gasteiger partial charge in [-0.15, -0.1) is 0 Å². The minimum Gasteiger partial charge on any atom is -0.463 e. The molecule has 0 amide bonds. The molecule has 0 radical (unpaired) electrons. The van der Waals surface area contributed by atoms with E-state index in [2.05, 4.69) is 11.4 Å². The molecular weight excluding hydrogens is 275 g/mol. The first-order valence-electron chi connectivity index (χ1n) is 6.39. The Morgan fingerprint density at radius 3 is 2.37 bits per heavy atom. The van der Waals surface area contributed by atoms with Gasteiger partial charge in [0.05, 0.1) is 6.61 Å². The fourth-order valence-electron chi connectivity index (χ4n) is 1.37. The van der Waals surface area contributed by atoms with Crippen LogP contribution in [0, 0.1) is 0 Å². The number of esters is 1. The second-order valence-corrected chi connectivity index (χ2v) is 5.53. The Labute approximate surface area is 113 Å². The van der Waals surface area contributed by atoms with Gasteiger partial charge in [-0.25, -0.2) is 4.57 Å². The number of hydrogen-bond donors (Lipinski definition) is 3. The van der Waals surface area contributed by atoms with Gasteiger partial charge in [-0.3, -0.25) is 9.32 Å². The predicted octanol–water partition coefficient (Wildman–Crippen LogP) is 1.36. The lowest BCUT2D eigenvalue weighted by Gasteiger charge is -2.12. The molecule has 0 aliphatic heterocycles. The molecule has 0 spiro atoms. The lowest BCUT2D eigenvalue weighted by molar-refractivity contribution is -0.147. The van der Waals surface area contributed by atoms with Gasteiger partial charge in [0.25, 0.3) is 0 Å². The molecule has 3 N–H and O–H groups in total. The van der Waals surface area contributed by atoms with Crippen molar-refractivity contribution in [2.45, 2.75) is 51.6 Å². The topological polar surface area (TPSA) is 113 Å². The zero-order chi connectivity index (χ0) is 14.7. The summed E-state index contributed by atoms with van der Waals surface area (Å²) in [6.07, 6.45) is 4.12. The highest BCUT2D eigenvalue weighted by atomic mass is 31.2. The standard InChI is InChI=1S/C11H23O7P/c1-2-3-4-5-6-7-11(13)17-8-10(12)9-18-19(14,15)16/h10,12H,2-9H2,1H3,(H2,14,15,16)/t10-/m1/s1. The minimum atomic E-state index is -4.60. The SMILES string of the molecule is CCCCCCCC(=O)OC[C@@H](O)COP(=O)(O)O. The number of hydrogen-bond acceptors (Lipinski definition) is 5. The Hall–Kier alpha value is -0.460. The van der Waals surface area contributed by atoms with Gasteiger partial charge in [-0.1, -0.05) is 32.6 Å². The summed E-state index contributed by atoms with van der Waals surface area (Å²) in [5.74, 6) is -0.424. The van der Waals surface area contributed by atoms with E-state index in [0.717, 1.165) is 32.1 Å². The molecule has 0 aliphatic carbocycles. The van der Waals surface area contributed by atoms with E-state index < -0.39 is 26.5 Å². The summed E-state index contributed by atoms with van der Waals surface area (Å²) in [7, 11) is -4.60. The molecular formula is C11H23O7P. The molecule has 7 nitrogen and oxygen atoms in total. The third kappa shape index (κ3) is 13.8. The quantitative estimate of drug-likeness (QED) is 0.300. The van der Waals surface area contributed by atoms with Crippen LogP contribution < -0.4 is 0 Å². The van der Waals surface area contributed by atoms with Crippen LogP contribution in [-0.4, -0.2) is 40.2 Å². The molecule has 0 aromatic rings. The minimum absolute atomic E-state index is 0.287. The van der Waals surface area contributed by atoms with Gasteiger partial charge in [0, 0.05) is 6.42 Å². The van der Waals surface area contributed by atoms with Crippen molar-refractivity contribution in [3.8, 4) is 0 Å². The molecule has 0 bridgehead atoms. The smallest absolute Gasteiger partial charge is 0.463 e. The maximum atomic E-state index is 11.3. The van der Waals surface area contributed by atoms with E-state index in [1.807, 2.05) is 0 Å². The van der Waals surface area contributed by atoms with Crippen molar-refractivity contribution in [2.75, 3.05) is 13.2 Å². The molecule has 0 saturated carbocycles. The van der Waals surface area contributed by atoms with Gasteiger partial charge < -0.3 is 19.6 Å². The summed E-state index contributed by atoms with van der Waals surface area (Å²) < 4.78 is 19.2. The van der Waals surface area contributed by atoms with Crippen LogP contribution in [0.4, 0.5) is 0 Å². The van der Waals surface area contributed by atoms with Crippen LogP contribution in [-0.2, 0) is 18.6 Å². The van der Waals surface area contributed by atoms with Gasteiger partial charge in [0.15, 0.2) is 0 Å². The van der Waals surface area contributed by atoms with E-state index in [9.17, 15) is 14.5 Å². The molecule has 0 aliphatic rings. The monoisotopic (exact) mass is 298 g/mol. The first-order valence-corrected chi connectivity index (χ1v) is 7.92. The average Bonchev–Trinajstić information content (AvgIpc) is 2.32. The first kappa shape index (κ1) is 18.5. The number of ether oxygens (including phenoxy) is 1. The largest absolute Gasteiger partial charge is 0.469 e. The number of phosphoric acid groups is 1. The van der Waals surface area contributed by atoms with Gasteiger partial charge in [0.2, 0.25) is 0 Å². The summed E-state index contributed by atoms with van der Waals surface area (Å²) >= 11 is 0. The van der Waals surface area contributed by atoms with Crippen LogP contribution >= 0.6 is 7.82 Å². The number of phosphoric ester groups is 1. The lowest BCUT2D eigenvalue weighted by Crippen LogP contribution is -2.23. The normalized spacial score (nSPS) is 13.3. The van der Waals surface area contributed by atoms with Crippen LogP contribution in [0.25, 0.3) is 0 Å². The van der Waals surface area contributed by atoms with Crippen LogP contribution in [0.15, 0.2) is 0 Å². The maximum Gasteiger partial charge on any atom is 0.469 e. The molecule has 0 rings (SSSR count). The molecule has 0 saturated heterocycles.